The maximum absolute atomic E-state index is 13.8. The number of hydrogen-bond donors (Lipinski definition) is 0. The lowest BCUT2D eigenvalue weighted by molar-refractivity contribution is -0.384. The van der Waals surface area contributed by atoms with Crippen molar-refractivity contribution in [1.29, 1.82) is 0 Å². The highest BCUT2D eigenvalue weighted by atomic mass is 16.6. The van der Waals surface area contributed by atoms with Crippen molar-refractivity contribution in [2.45, 2.75) is 11.3 Å². The van der Waals surface area contributed by atoms with Crippen LogP contribution in [-0.4, -0.2) is 23.0 Å². The van der Waals surface area contributed by atoms with Gasteiger partial charge in [0.25, 0.3) is 5.69 Å². The Kier molecular flexibility index (Phi) is 3.61. The van der Waals surface area contributed by atoms with E-state index in [2.05, 4.69) is 0 Å². The molecule has 1 saturated heterocycles. The van der Waals surface area contributed by atoms with Gasteiger partial charge in [0, 0.05) is 18.1 Å². The Bertz CT molecular complexity index is 1300. The fourth-order valence-electron chi connectivity index (χ4n) is 6.01. The number of amides is 2. The van der Waals surface area contributed by atoms with Crippen LogP contribution in [0.3, 0.4) is 0 Å². The molecule has 1 aliphatic heterocycles. The molecule has 3 aromatic carbocycles. The SMILES string of the molecule is O=CC12c3ccccc3C(c3ccccc31)C1C(=O)N(c3ccc([N+](=O)[O-])cc3)C(=O)C12. The molecule has 32 heavy (non-hydrogen) atoms. The Morgan fingerprint density at radius 1 is 0.844 bits per heavy atom. The molecule has 156 valence electrons. The van der Waals surface area contributed by atoms with E-state index in [4.69, 9.17) is 0 Å². The summed E-state index contributed by atoms with van der Waals surface area (Å²) in [6, 6.07) is 20.4. The Hall–Kier alpha value is -4.13. The van der Waals surface area contributed by atoms with Crippen LogP contribution in [0.15, 0.2) is 72.8 Å². The summed E-state index contributed by atoms with van der Waals surface area (Å²) in [4.78, 5) is 51.9. The zero-order valence-electron chi connectivity index (χ0n) is 16.7. The van der Waals surface area contributed by atoms with Gasteiger partial charge in [0.15, 0.2) is 0 Å². The molecule has 0 aromatic heterocycles. The lowest BCUT2D eigenvalue weighted by atomic mass is 9.48. The van der Waals surface area contributed by atoms with E-state index in [9.17, 15) is 24.5 Å². The minimum Gasteiger partial charge on any atom is -0.302 e. The third-order valence-corrected chi connectivity index (χ3v) is 7.19. The molecule has 0 radical (unpaired) electrons. The van der Waals surface area contributed by atoms with Crippen LogP contribution in [0.25, 0.3) is 0 Å². The summed E-state index contributed by atoms with van der Waals surface area (Å²) in [5, 5.41) is 11.0. The molecule has 3 aliphatic carbocycles. The maximum atomic E-state index is 13.8. The van der Waals surface area contributed by atoms with E-state index < -0.39 is 28.1 Å². The maximum Gasteiger partial charge on any atom is 0.269 e. The van der Waals surface area contributed by atoms with Crippen LogP contribution in [0.2, 0.25) is 0 Å². The first-order valence-electron chi connectivity index (χ1n) is 10.3. The first kappa shape index (κ1) is 18.6. The van der Waals surface area contributed by atoms with Crippen LogP contribution in [0.1, 0.15) is 28.2 Å². The predicted molar refractivity (Wildman–Crippen MR) is 114 cm³/mol. The summed E-state index contributed by atoms with van der Waals surface area (Å²) in [6.45, 7) is 0. The highest BCUT2D eigenvalue weighted by molar-refractivity contribution is 6.24. The third-order valence-electron chi connectivity index (χ3n) is 7.19. The van der Waals surface area contributed by atoms with Gasteiger partial charge in [-0.15, -0.1) is 0 Å². The monoisotopic (exact) mass is 424 g/mol. The van der Waals surface area contributed by atoms with Crippen LogP contribution in [0.4, 0.5) is 11.4 Å². The number of rotatable bonds is 3. The van der Waals surface area contributed by atoms with Crippen molar-refractivity contribution in [3.8, 4) is 0 Å². The molecule has 1 fully saturated rings. The first-order valence-corrected chi connectivity index (χ1v) is 10.3. The van der Waals surface area contributed by atoms with E-state index >= 15 is 0 Å². The van der Waals surface area contributed by atoms with Crippen LogP contribution in [0.5, 0.6) is 0 Å². The highest BCUT2D eigenvalue weighted by Crippen LogP contribution is 2.63. The van der Waals surface area contributed by atoms with Gasteiger partial charge in [-0.3, -0.25) is 19.7 Å². The number of hydrogen-bond acceptors (Lipinski definition) is 5. The molecule has 2 atom stereocenters. The van der Waals surface area contributed by atoms with Crippen molar-refractivity contribution < 1.29 is 19.3 Å². The molecular weight excluding hydrogens is 408 g/mol. The van der Waals surface area contributed by atoms with E-state index in [0.717, 1.165) is 33.4 Å². The smallest absolute Gasteiger partial charge is 0.269 e. The van der Waals surface area contributed by atoms with Gasteiger partial charge in [0.2, 0.25) is 11.8 Å². The number of aldehydes is 1. The molecule has 7 nitrogen and oxygen atoms in total. The van der Waals surface area contributed by atoms with Crippen LogP contribution in [0, 0.1) is 22.0 Å². The number of nitro groups is 1. The fraction of sp³-hybridized carbons (Fsp3) is 0.160. The Morgan fingerprint density at radius 2 is 1.41 bits per heavy atom. The molecule has 7 rings (SSSR count). The summed E-state index contributed by atoms with van der Waals surface area (Å²) in [7, 11) is 0. The van der Waals surface area contributed by atoms with Gasteiger partial charge in [-0.1, -0.05) is 48.5 Å². The van der Waals surface area contributed by atoms with Gasteiger partial charge in [-0.25, -0.2) is 4.90 Å². The average molecular weight is 424 g/mol. The van der Waals surface area contributed by atoms with Gasteiger partial charge < -0.3 is 4.79 Å². The number of carbonyl (C=O) groups excluding carboxylic acids is 3. The number of anilines is 1. The summed E-state index contributed by atoms with van der Waals surface area (Å²) < 4.78 is 0. The number of benzene rings is 3. The normalized spacial score (nSPS) is 27.0. The number of nitrogens with zero attached hydrogens (tertiary/aromatic N) is 2. The second-order valence-electron chi connectivity index (χ2n) is 8.43. The molecule has 2 unspecified atom stereocenters. The van der Waals surface area contributed by atoms with Crippen molar-refractivity contribution in [3.05, 3.63) is 105 Å². The zero-order valence-corrected chi connectivity index (χ0v) is 16.7. The van der Waals surface area contributed by atoms with Gasteiger partial charge in [-0.2, -0.15) is 0 Å². The van der Waals surface area contributed by atoms with Gasteiger partial charge in [0.05, 0.1) is 27.9 Å². The number of imide groups is 1. The van der Waals surface area contributed by atoms with E-state index in [1.165, 1.54) is 24.3 Å². The topological polar surface area (TPSA) is 97.6 Å². The molecule has 1 heterocycles. The van der Waals surface area contributed by atoms with Crippen molar-refractivity contribution in [3.63, 3.8) is 0 Å². The second kappa shape index (κ2) is 6.20. The van der Waals surface area contributed by atoms with Crippen molar-refractivity contribution in [2.75, 3.05) is 4.90 Å². The summed E-state index contributed by atoms with van der Waals surface area (Å²) in [6.07, 6.45) is 0.822. The molecule has 2 bridgehead atoms. The lowest BCUT2D eigenvalue weighted by Crippen LogP contribution is -2.54. The highest BCUT2D eigenvalue weighted by Gasteiger charge is 2.68. The van der Waals surface area contributed by atoms with Gasteiger partial charge in [-0.05, 0) is 34.4 Å². The van der Waals surface area contributed by atoms with Crippen molar-refractivity contribution in [1.82, 2.24) is 0 Å². The summed E-state index contributed by atoms with van der Waals surface area (Å²) >= 11 is 0. The van der Waals surface area contributed by atoms with E-state index in [1.54, 1.807) is 0 Å². The lowest BCUT2D eigenvalue weighted by Gasteiger charge is -2.51. The molecule has 4 aliphatic rings. The van der Waals surface area contributed by atoms with Gasteiger partial charge in [0.1, 0.15) is 6.29 Å². The molecule has 0 saturated carbocycles. The zero-order chi connectivity index (χ0) is 22.2. The fourth-order valence-corrected chi connectivity index (χ4v) is 6.01. The standard InChI is InChI=1S/C25H16N2O5/c28-13-25-18-7-3-1-5-16(18)20(17-6-2-4-8-19(17)25)21-22(25)24(30)26(23(21)29)14-9-11-15(12-10-14)27(31)32/h1-13,20-22H. The van der Waals surface area contributed by atoms with E-state index in [0.29, 0.717) is 0 Å². The Balaban J connectivity index is 1.58. The van der Waals surface area contributed by atoms with Crippen molar-refractivity contribution >= 4 is 29.5 Å². The average Bonchev–Trinajstić information content (AvgIpc) is 3.10. The van der Waals surface area contributed by atoms with E-state index in [1.807, 2.05) is 48.5 Å². The molecular formula is C25H16N2O5. The van der Waals surface area contributed by atoms with Crippen molar-refractivity contribution in [2.24, 2.45) is 11.8 Å². The Labute approximate surface area is 182 Å². The largest absolute Gasteiger partial charge is 0.302 e. The first-order chi connectivity index (χ1) is 15.5. The van der Waals surface area contributed by atoms with Crippen LogP contribution in [-0.2, 0) is 19.8 Å². The van der Waals surface area contributed by atoms with Crippen LogP contribution < -0.4 is 4.90 Å². The Morgan fingerprint density at radius 3 is 1.94 bits per heavy atom. The number of non-ortho nitro benzene ring substituents is 1. The molecule has 7 heteroatoms. The molecule has 3 aromatic rings. The van der Waals surface area contributed by atoms with E-state index in [-0.39, 0.29) is 23.2 Å². The third kappa shape index (κ3) is 2.03. The predicted octanol–water partition coefficient (Wildman–Crippen LogP) is 3.34. The quantitative estimate of drug-likeness (QED) is 0.278. The second-order valence-corrected chi connectivity index (χ2v) is 8.43. The number of nitro benzene ring substituents is 1. The minimum absolute atomic E-state index is 0.130. The molecule has 0 spiro atoms. The number of carbonyl (C=O) groups is 3. The van der Waals surface area contributed by atoms with Gasteiger partial charge >= 0.3 is 0 Å². The van der Waals surface area contributed by atoms with Crippen LogP contribution >= 0.6 is 0 Å². The molecule has 0 N–H and O–H groups in total. The molecule has 2 amide bonds. The summed E-state index contributed by atoms with van der Waals surface area (Å²) in [5.41, 5.74) is 2.22. The summed E-state index contributed by atoms with van der Waals surface area (Å²) in [5.74, 6) is -2.75. The minimum atomic E-state index is -1.26.